The minimum atomic E-state index is 0.551. The molecule has 0 bridgehead atoms. The van der Waals surface area contributed by atoms with E-state index in [-0.39, 0.29) is 0 Å². The Labute approximate surface area is 120 Å². The topological polar surface area (TPSA) is 39.1 Å². The smallest absolute Gasteiger partial charge is 0.124 e. The zero-order valence-electron chi connectivity index (χ0n) is 12.5. The van der Waals surface area contributed by atoms with Crippen LogP contribution >= 0.6 is 0 Å². The maximum atomic E-state index is 5.90. The first-order valence-electron chi connectivity index (χ1n) is 7.04. The van der Waals surface area contributed by atoms with Gasteiger partial charge in [0.1, 0.15) is 12.4 Å². The monoisotopic (exact) mass is 273 g/mol. The third kappa shape index (κ3) is 4.38. The molecule has 0 aliphatic rings. The van der Waals surface area contributed by atoms with E-state index >= 15 is 0 Å². The predicted molar refractivity (Wildman–Crippen MR) is 80.5 cm³/mol. The zero-order chi connectivity index (χ0) is 14.4. The highest BCUT2D eigenvalue weighted by molar-refractivity contribution is 5.33. The van der Waals surface area contributed by atoms with E-state index in [2.05, 4.69) is 30.3 Å². The lowest BCUT2D eigenvalue weighted by atomic mass is 10.2. The Bertz CT molecular complexity index is 534. The summed E-state index contributed by atoms with van der Waals surface area (Å²) in [6, 6.07) is 8.17. The Balaban J connectivity index is 1.93. The van der Waals surface area contributed by atoms with Crippen molar-refractivity contribution in [3.63, 3.8) is 0 Å². The summed E-state index contributed by atoms with van der Waals surface area (Å²) in [5.41, 5.74) is 2.27. The largest absolute Gasteiger partial charge is 0.488 e. The van der Waals surface area contributed by atoms with E-state index < -0.39 is 0 Å². The van der Waals surface area contributed by atoms with Gasteiger partial charge in [-0.15, -0.1) is 0 Å². The van der Waals surface area contributed by atoms with Gasteiger partial charge in [0.15, 0.2) is 0 Å². The molecule has 0 radical (unpaired) electrons. The molecule has 1 aromatic carbocycles. The zero-order valence-corrected chi connectivity index (χ0v) is 12.5. The molecule has 0 unspecified atom stereocenters. The average Bonchev–Trinajstić information content (AvgIpc) is 2.83. The first-order valence-corrected chi connectivity index (χ1v) is 7.04. The van der Waals surface area contributed by atoms with Gasteiger partial charge in [-0.05, 0) is 18.5 Å². The van der Waals surface area contributed by atoms with Gasteiger partial charge >= 0.3 is 0 Å². The summed E-state index contributed by atoms with van der Waals surface area (Å²) < 4.78 is 7.69. The lowest BCUT2D eigenvalue weighted by molar-refractivity contribution is 0.302. The molecule has 108 valence electrons. The number of hydrogen-bond donors (Lipinski definition) is 1. The van der Waals surface area contributed by atoms with Crippen molar-refractivity contribution in [2.75, 3.05) is 6.54 Å². The fourth-order valence-corrected chi connectivity index (χ4v) is 1.99. The van der Waals surface area contributed by atoms with E-state index in [9.17, 15) is 0 Å². The van der Waals surface area contributed by atoms with Gasteiger partial charge in [0, 0.05) is 30.9 Å². The van der Waals surface area contributed by atoms with Crippen LogP contribution in [0.2, 0.25) is 0 Å². The Morgan fingerprint density at radius 2 is 2.10 bits per heavy atom. The molecule has 0 saturated carbocycles. The van der Waals surface area contributed by atoms with Crippen LogP contribution in [0.3, 0.4) is 0 Å². The van der Waals surface area contributed by atoms with Crippen LogP contribution in [-0.2, 0) is 20.2 Å². The number of aryl methyl sites for hydroxylation is 1. The molecular weight excluding hydrogens is 250 g/mol. The third-order valence-corrected chi connectivity index (χ3v) is 2.99. The lowest BCUT2D eigenvalue weighted by Gasteiger charge is -2.12. The molecular formula is C16H23N3O. The minimum absolute atomic E-state index is 0.551. The number of para-hydroxylation sites is 1. The van der Waals surface area contributed by atoms with E-state index in [0.29, 0.717) is 12.5 Å². The molecule has 0 saturated heterocycles. The molecule has 4 nitrogen and oxygen atoms in total. The molecule has 4 heteroatoms. The fourth-order valence-electron chi connectivity index (χ4n) is 1.99. The van der Waals surface area contributed by atoms with Crippen LogP contribution in [0.15, 0.2) is 36.7 Å². The standard InChI is InChI=1S/C16H23N3O/c1-13(2)8-17-10-15-6-4-5-7-16(15)20-12-14-9-18-19(3)11-14/h4-7,9,11,13,17H,8,10,12H2,1-3H3. The number of aromatic nitrogens is 2. The molecule has 0 aliphatic carbocycles. The molecule has 1 heterocycles. The van der Waals surface area contributed by atoms with Crippen molar-refractivity contribution >= 4 is 0 Å². The summed E-state index contributed by atoms with van der Waals surface area (Å²) in [6.07, 6.45) is 3.80. The fraction of sp³-hybridized carbons (Fsp3) is 0.438. The van der Waals surface area contributed by atoms with Crippen LogP contribution in [0.25, 0.3) is 0 Å². The van der Waals surface area contributed by atoms with Crippen LogP contribution in [0.5, 0.6) is 5.75 Å². The average molecular weight is 273 g/mol. The number of rotatable bonds is 7. The van der Waals surface area contributed by atoms with Gasteiger partial charge in [-0.25, -0.2) is 0 Å². The van der Waals surface area contributed by atoms with Crippen molar-refractivity contribution in [1.82, 2.24) is 15.1 Å². The van der Waals surface area contributed by atoms with Gasteiger partial charge in [-0.2, -0.15) is 5.10 Å². The van der Waals surface area contributed by atoms with Gasteiger partial charge in [-0.1, -0.05) is 32.0 Å². The Hall–Kier alpha value is -1.81. The molecule has 2 rings (SSSR count). The van der Waals surface area contributed by atoms with E-state index in [1.165, 1.54) is 5.56 Å². The second-order valence-corrected chi connectivity index (χ2v) is 5.44. The summed E-state index contributed by atoms with van der Waals surface area (Å²) in [5.74, 6) is 1.59. The van der Waals surface area contributed by atoms with Crippen molar-refractivity contribution in [1.29, 1.82) is 0 Å². The maximum absolute atomic E-state index is 5.90. The highest BCUT2D eigenvalue weighted by atomic mass is 16.5. The van der Waals surface area contributed by atoms with E-state index in [1.807, 2.05) is 37.6 Å². The normalized spacial score (nSPS) is 11.0. The quantitative estimate of drug-likeness (QED) is 0.843. The van der Waals surface area contributed by atoms with Gasteiger partial charge in [0.2, 0.25) is 0 Å². The van der Waals surface area contributed by atoms with E-state index in [1.54, 1.807) is 4.68 Å². The van der Waals surface area contributed by atoms with Crippen molar-refractivity contribution in [3.05, 3.63) is 47.8 Å². The van der Waals surface area contributed by atoms with Crippen LogP contribution < -0.4 is 10.1 Å². The van der Waals surface area contributed by atoms with E-state index in [4.69, 9.17) is 4.74 Å². The van der Waals surface area contributed by atoms with Gasteiger partial charge in [0.05, 0.1) is 6.20 Å². The Kier molecular flexibility index (Phi) is 5.18. The molecule has 0 aliphatic heterocycles. The van der Waals surface area contributed by atoms with Crippen molar-refractivity contribution in [3.8, 4) is 5.75 Å². The van der Waals surface area contributed by atoms with Crippen molar-refractivity contribution in [2.24, 2.45) is 13.0 Å². The second kappa shape index (κ2) is 7.10. The van der Waals surface area contributed by atoms with E-state index in [0.717, 1.165) is 24.4 Å². The van der Waals surface area contributed by atoms with Crippen LogP contribution in [-0.4, -0.2) is 16.3 Å². The minimum Gasteiger partial charge on any atom is -0.488 e. The SMILES string of the molecule is CC(C)CNCc1ccccc1OCc1cnn(C)c1. The van der Waals surface area contributed by atoms with Gasteiger partial charge in [0.25, 0.3) is 0 Å². The summed E-state index contributed by atoms with van der Waals surface area (Å²) in [5, 5.41) is 7.59. The third-order valence-electron chi connectivity index (χ3n) is 2.99. The maximum Gasteiger partial charge on any atom is 0.124 e. The Morgan fingerprint density at radius 1 is 1.30 bits per heavy atom. The highest BCUT2D eigenvalue weighted by Crippen LogP contribution is 2.19. The molecule has 20 heavy (non-hydrogen) atoms. The lowest BCUT2D eigenvalue weighted by Crippen LogP contribution is -2.19. The summed E-state index contributed by atoms with van der Waals surface area (Å²) in [4.78, 5) is 0. The van der Waals surface area contributed by atoms with Crippen LogP contribution in [0.4, 0.5) is 0 Å². The predicted octanol–water partition coefficient (Wildman–Crippen LogP) is 2.74. The first kappa shape index (κ1) is 14.6. The molecule has 1 N–H and O–H groups in total. The molecule has 2 aromatic rings. The molecule has 0 fully saturated rings. The molecule has 0 atom stereocenters. The van der Waals surface area contributed by atoms with Crippen molar-refractivity contribution < 1.29 is 4.74 Å². The number of nitrogens with one attached hydrogen (secondary N) is 1. The number of ether oxygens (including phenoxy) is 1. The molecule has 0 spiro atoms. The summed E-state index contributed by atoms with van der Waals surface area (Å²) in [6.45, 7) is 6.81. The second-order valence-electron chi connectivity index (χ2n) is 5.44. The van der Waals surface area contributed by atoms with Crippen molar-refractivity contribution in [2.45, 2.75) is 27.0 Å². The van der Waals surface area contributed by atoms with Gasteiger partial charge < -0.3 is 10.1 Å². The number of nitrogens with zero attached hydrogens (tertiary/aromatic N) is 2. The number of hydrogen-bond acceptors (Lipinski definition) is 3. The molecule has 1 aromatic heterocycles. The summed E-state index contributed by atoms with van der Waals surface area (Å²) in [7, 11) is 1.91. The van der Waals surface area contributed by atoms with Crippen LogP contribution in [0.1, 0.15) is 25.0 Å². The number of benzene rings is 1. The Morgan fingerprint density at radius 3 is 2.80 bits per heavy atom. The van der Waals surface area contributed by atoms with Gasteiger partial charge in [-0.3, -0.25) is 4.68 Å². The summed E-state index contributed by atoms with van der Waals surface area (Å²) >= 11 is 0. The highest BCUT2D eigenvalue weighted by Gasteiger charge is 2.04. The first-order chi connectivity index (χ1) is 9.65. The molecule has 0 amide bonds. The van der Waals surface area contributed by atoms with Crippen LogP contribution in [0, 0.1) is 5.92 Å².